The van der Waals surface area contributed by atoms with E-state index in [1.165, 1.54) is 0 Å². The van der Waals surface area contributed by atoms with E-state index >= 15 is 0 Å². The largest absolute Gasteiger partial charge is 0.439 e. The number of thiocarbonyl (C=S) groups is 1. The first-order valence-electron chi connectivity index (χ1n) is 5.81. The molecule has 4 N–H and O–H groups in total. The zero-order chi connectivity index (χ0) is 14.9. The van der Waals surface area contributed by atoms with Gasteiger partial charge in [-0.15, -0.1) is 0 Å². The van der Waals surface area contributed by atoms with Crippen LogP contribution in [0.2, 0.25) is 0 Å². The molecular weight excluding hydrogens is 276 g/mol. The number of hydrogen-bond acceptors (Lipinski definition) is 4. The predicted octanol–water partition coefficient (Wildman–Crippen LogP) is 1.25. The number of nitrogens with two attached hydrogens (primary N) is 2. The van der Waals surface area contributed by atoms with Gasteiger partial charge in [-0.2, -0.15) is 5.10 Å². The smallest absolute Gasteiger partial charge is 0.248 e. The van der Waals surface area contributed by atoms with E-state index in [0.29, 0.717) is 28.5 Å². The van der Waals surface area contributed by atoms with Crippen LogP contribution in [-0.4, -0.2) is 20.7 Å². The SMILES string of the molecule is Cc1nn(C)c(Oc2ccc(C(N)=O)cc2)c1C(N)=S. The molecule has 0 unspecified atom stereocenters. The molecule has 7 heteroatoms. The summed E-state index contributed by atoms with van der Waals surface area (Å²) < 4.78 is 7.30. The van der Waals surface area contributed by atoms with Gasteiger partial charge in [0.1, 0.15) is 10.7 Å². The maximum absolute atomic E-state index is 11.0. The maximum atomic E-state index is 11.0. The van der Waals surface area contributed by atoms with Crippen molar-refractivity contribution in [2.24, 2.45) is 18.5 Å². The zero-order valence-electron chi connectivity index (χ0n) is 11.1. The monoisotopic (exact) mass is 290 g/mol. The van der Waals surface area contributed by atoms with Crippen LogP contribution < -0.4 is 16.2 Å². The second-order valence-corrected chi connectivity index (χ2v) is 4.68. The van der Waals surface area contributed by atoms with E-state index in [-0.39, 0.29) is 4.99 Å². The third kappa shape index (κ3) is 2.62. The summed E-state index contributed by atoms with van der Waals surface area (Å²) in [5.74, 6) is 0.508. The summed E-state index contributed by atoms with van der Waals surface area (Å²) in [5, 5.41) is 4.22. The first kappa shape index (κ1) is 14.0. The van der Waals surface area contributed by atoms with Crippen LogP contribution in [0.4, 0.5) is 0 Å². The Morgan fingerprint density at radius 3 is 2.40 bits per heavy atom. The molecule has 0 radical (unpaired) electrons. The third-order valence-electron chi connectivity index (χ3n) is 2.77. The van der Waals surface area contributed by atoms with Gasteiger partial charge in [0.2, 0.25) is 11.8 Å². The summed E-state index contributed by atoms with van der Waals surface area (Å²) in [5.41, 5.74) is 12.6. The summed E-state index contributed by atoms with van der Waals surface area (Å²) in [4.78, 5) is 11.2. The van der Waals surface area contributed by atoms with E-state index in [1.807, 2.05) is 0 Å². The van der Waals surface area contributed by atoms with E-state index in [1.54, 1.807) is 42.9 Å². The first-order chi connectivity index (χ1) is 9.40. The van der Waals surface area contributed by atoms with Crippen molar-refractivity contribution in [3.8, 4) is 11.6 Å². The molecule has 0 bridgehead atoms. The van der Waals surface area contributed by atoms with Crippen molar-refractivity contribution in [2.75, 3.05) is 0 Å². The Kier molecular flexibility index (Phi) is 3.71. The normalized spacial score (nSPS) is 10.3. The highest BCUT2D eigenvalue weighted by Crippen LogP contribution is 2.27. The Morgan fingerprint density at radius 2 is 1.90 bits per heavy atom. The van der Waals surface area contributed by atoms with Crippen LogP contribution in [0, 0.1) is 6.92 Å². The molecular formula is C13H14N4O2S. The lowest BCUT2D eigenvalue weighted by atomic mass is 10.2. The number of rotatable bonds is 4. The molecule has 0 aliphatic rings. The highest BCUT2D eigenvalue weighted by Gasteiger charge is 2.17. The molecule has 20 heavy (non-hydrogen) atoms. The molecule has 0 spiro atoms. The van der Waals surface area contributed by atoms with E-state index in [9.17, 15) is 4.79 Å². The van der Waals surface area contributed by atoms with E-state index < -0.39 is 5.91 Å². The van der Waals surface area contributed by atoms with Crippen molar-refractivity contribution in [1.29, 1.82) is 0 Å². The van der Waals surface area contributed by atoms with Crippen LogP contribution in [0.1, 0.15) is 21.6 Å². The van der Waals surface area contributed by atoms with Crippen molar-refractivity contribution in [3.05, 3.63) is 41.1 Å². The third-order valence-corrected chi connectivity index (χ3v) is 2.97. The van der Waals surface area contributed by atoms with E-state index in [2.05, 4.69) is 5.10 Å². The average molecular weight is 290 g/mol. The van der Waals surface area contributed by atoms with Gasteiger partial charge in [0, 0.05) is 12.6 Å². The minimum Gasteiger partial charge on any atom is -0.439 e. The zero-order valence-corrected chi connectivity index (χ0v) is 11.9. The van der Waals surface area contributed by atoms with Gasteiger partial charge in [-0.3, -0.25) is 4.79 Å². The standard InChI is InChI=1S/C13H14N4O2S/c1-7-10(12(15)20)13(17(2)16-7)19-9-5-3-8(4-6-9)11(14)18/h3-6H,1-2H3,(H2,14,18)(H2,15,20). The molecule has 1 aromatic carbocycles. The van der Waals surface area contributed by atoms with Crippen molar-refractivity contribution in [2.45, 2.75) is 6.92 Å². The topological polar surface area (TPSA) is 96.2 Å². The van der Waals surface area contributed by atoms with E-state index in [0.717, 1.165) is 0 Å². The second-order valence-electron chi connectivity index (χ2n) is 4.24. The molecule has 2 rings (SSSR count). The molecule has 1 heterocycles. The lowest BCUT2D eigenvalue weighted by molar-refractivity contribution is 0.100. The lowest BCUT2D eigenvalue weighted by Crippen LogP contribution is -2.12. The minimum absolute atomic E-state index is 0.222. The van der Waals surface area contributed by atoms with Crippen molar-refractivity contribution < 1.29 is 9.53 Å². The van der Waals surface area contributed by atoms with Crippen LogP contribution in [0.25, 0.3) is 0 Å². The fraction of sp³-hybridized carbons (Fsp3) is 0.154. The average Bonchev–Trinajstić information content (AvgIpc) is 2.64. The molecule has 0 aliphatic carbocycles. The Labute approximate surface area is 121 Å². The number of aryl methyl sites for hydroxylation is 2. The highest BCUT2D eigenvalue weighted by molar-refractivity contribution is 7.80. The fourth-order valence-corrected chi connectivity index (χ4v) is 2.07. The van der Waals surface area contributed by atoms with Gasteiger partial charge in [0.25, 0.3) is 0 Å². The number of carbonyl (C=O) groups excluding carboxylic acids is 1. The van der Waals surface area contributed by atoms with Crippen LogP contribution in [-0.2, 0) is 7.05 Å². The van der Waals surface area contributed by atoms with Crippen molar-refractivity contribution >= 4 is 23.1 Å². The molecule has 1 amide bonds. The number of benzene rings is 1. The Hall–Kier alpha value is -2.41. The number of primary amides is 1. The number of aromatic nitrogens is 2. The molecule has 0 aliphatic heterocycles. The Bertz CT molecular complexity index is 676. The van der Waals surface area contributed by atoms with Gasteiger partial charge in [-0.1, -0.05) is 12.2 Å². The predicted molar refractivity (Wildman–Crippen MR) is 78.9 cm³/mol. The molecule has 2 aromatic rings. The summed E-state index contributed by atoms with van der Waals surface area (Å²) in [6.45, 7) is 1.80. The van der Waals surface area contributed by atoms with Crippen LogP contribution in [0.15, 0.2) is 24.3 Å². The van der Waals surface area contributed by atoms with Gasteiger partial charge in [-0.05, 0) is 31.2 Å². The summed E-state index contributed by atoms with van der Waals surface area (Å²) in [6.07, 6.45) is 0. The first-order valence-corrected chi connectivity index (χ1v) is 6.22. The molecule has 0 saturated carbocycles. The van der Waals surface area contributed by atoms with Crippen molar-refractivity contribution in [3.63, 3.8) is 0 Å². The van der Waals surface area contributed by atoms with Crippen LogP contribution >= 0.6 is 12.2 Å². The number of nitrogens with zero attached hydrogens (tertiary/aromatic N) is 2. The minimum atomic E-state index is -0.489. The Balaban J connectivity index is 2.35. The molecule has 6 nitrogen and oxygen atoms in total. The Morgan fingerprint density at radius 1 is 1.30 bits per heavy atom. The van der Waals surface area contributed by atoms with Crippen LogP contribution in [0.3, 0.4) is 0 Å². The van der Waals surface area contributed by atoms with Gasteiger partial charge >= 0.3 is 0 Å². The molecule has 0 saturated heterocycles. The lowest BCUT2D eigenvalue weighted by Gasteiger charge is -2.08. The van der Waals surface area contributed by atoms with Gasteiger partial charge < -0.3 is 16.2 Å². The number of hydrogen-bond donors (Lipinski definition) is 2. The molecule has 104 valence electrons. The summed E-state index contributed by atoms with van der Waals surface area (Å²) in [6, 6.07) is 6.46. The van der Waals surface area contributed by atoms with Gasteiger partial charge in [0.05, 0.1) is 11.3 Å². The number of ether oxygens (including phenoxy) is 1. The quantitative estimate of drug-likeness (QED) is 0.826. The highest BCUT2D eigenvalue weighted by atomic mass is 32.1. The molecule has 0 fully saturated rings. The van der Waals surface area contributed by atoms with Gasteiger partial charge in [0.15, 0.2) is 0 Å². The molecule has 1 aromatic heterocycles. The van der Waals surface area contributed by atoms with E-state index in [4.69, 9.17) is 28.4 Å². The van der Waals surface area contributed by atoms with Gasteiger partial charge in [-0.25, -0.2) is 4.68 Å². The van der Waals surface area contributed by atoms with Crippen molar-refractivity contribution in [1.82, 2.24) is 9.78 Å². The number of amides is 1. The number of carbonyl (C=O) groups is 1. The fourth-order valence-electron chi connectivity index (χ4n) is 1.84. The maximum Gasteiger partial charge on any atom is 0.248 e. The summed E-state index contributed by atoms with van der Waals surface area (Å²) >= 11 is 5.00. The second kappa shape index (κ2) is 5.30. The van der Waals surface area contributed by atoms with Crippen LogP contribution in [0.5, 0.6) is 11.6 Å². The summed E-state index contributed by atoms with van der Waals surface area (Å²) in [7, 11) is 1.74. The molecule has 0 atom stereocenters.